The van der Waals surface area contributed by atoms with Gasteiger partial charge < -0.3 is 0 Å². The van der Waals surface area contributed by atoms with Gasteiger partial charge in [-0.3, -0.25) is 0 Å². The van der Waals surface area contributed by atoms with E-state index in [0.717, 1.165) is 21.4 Å². The zero-order valence-electron chi connectivity index (χ0n) is 7.84. The molecule has 0 radical (unpaired) electrons. The van der Waals surface area contributed by atoms with Gasteiger partial charge >= 0.3 is 0 Å². The Morgan fingerprint density at radius 3 is 3.00 bits per heavy atom. The lowest BCUT2D eigenvalue weighted by Crippen LogP contribution is -1.80. The number of nitrogens with zero attached hydrogens (tertiary/aromatic N) is 2. The van der Waals surface area contributed by atoms with E-state index in [1.54, 1.807) is 23.1 Å². The van der Waals surface area contributed by atoms with E-state index >= 15 is 0 Å². The molecule has 0 unspecified atom stereocenters. The summed E-state index contributed by atoms with van der Waals surface area (Å²) < 4.78 is 2.32. The number of thioether (sulfide) groups is 2. The van der Waals surface area contributed by atoms with Crippen LogP contribution in [0, 0.1) is 10.7 Å². The molecule has 0 aliphatic carbocycles. The normalized spacial score (nSPS) is 10.3. The van der Waals surface area contributed by atoms with Crippen LogP contribution in [0.15, 0.2) is 28.6 Å². The highest BCUT2D eigenvalue weighted by Gasteiger charge is 2.02. The molecule has 0 fully saturated rings. The summed E-state index contributed by atoms with van der Waals surface area (Å²) in [7, 11) is 0. The van der Waals surface area contributed by atoms with Crippen molar-refractivity contribution in [3.05, 3.63) is 24.3 Å². The quantitative estimate of drug-likeness (QED) is 0.473. The van der Waals surface area contributed by atoms with Crippen molar-refractivity contribution in [2.45, 2.75) is 4.34 Å². The van der Waals surface area contributed by atoms with Crippen molar-refractivity contribution in [2.24, 2.45) is 0 Å². The second kappa shape index (κ2) is 5.40. The Balaban J connectivity index is 2.00. The van der Waals surface area contributed by atoms with Crippen LogP contribution in [0.25, 0.3) is 10.2 Å². The topological polar surface area (TPSA) is 36.7 Å². The Hall–Kier alpha value is -0.700. The van der Waals surface area contributed by atoms with Crippen molar-refractivity contribution in [3.63, 3.8) is 0 Å². The highest BCUT2D eigenvalue weighted by Crippen LogP contribution is 2.29. The number of thiazole rings is 1. The summed E-state index contributed by atoms with van der Waals surface area (Å²) in [6.45, 7) is 0. The van der Waals surface area contributed by atoms with Crippen LogP contribution in [0.5, 0.6) is 0 Å². The number of para-hydroxylation sites is 1. The van der Waals surface area contributed by atoms with Gasteiger partial charge in [-0.15, -0.1) is 11.3 Å². The minimum atomic E-state index is 0.858. The standard InChI is InChI=1S/C10H8N2S3/c11-7-13-5-6-14-10-12-8-3-1-2-4-9(8)15-10/h1-4H,5-6H2. The fourth-order valence-corrected chi connectivity index (χ4v) is 3.68. The minimum Gasteiger partial charge on any atom is -0.230 e. The van der Waals surface area contributed by atoms with Gasteiger partial charge in [0.2, 0.25) is 0 Å². The second-order valence-electron chi connectivity index (χ2n) is 2.74. The first-order valence-corrected chi connectivity index (χ1v) is 7.18. The Morgan fingerprint density at radius 1 is 1.33 bits per heavy atom. The van der Waals surface area contributed by atoms with E-state index in [-0.39, 0.29) is 0 Å². The molecule has 0 aliphatic heterocycles. The number of hydrogen-bond acceptors (Lipinski definition) is 5. The maximum atomic E-state index is 8.37. The van der Waals surface area contributed by atoms with E-state index in [1.807, 2.05) is 18.2 Å². The average molecular weight is 252 g/mol. The van der Waals surface area contributed by atoms with Crippen LogP contribution >= 0.6 is 34.9 Å². The molecule has 76 valence electrons. The summed E-state index contributed by atoms with van der Waals surface area (Å²) in [4.78, 5) is 4.50. The zero-order chi connectivity index (χ0) is 10.5. The molecule has 5 heteroatoms. The summed E-state index contributed by atoms with van der Waals surface area (Å²) in [5.41, 5.74) is 1.07. The van der Waals surface area contributed by atoms with E-state index in [9.17, 15) is 0 Å². The molecule has 1 aromatic heterocycles. The first-order valence-electron chi connectivity index (χ1n) is 4.39. The van der Waals surface area contributed by atoms with Crippen LogP contribution in [-0.2, 0) is 0 Å². The largest absolute Gasteiger partial charge is 0.230 e. The zero-order valence-corrected chi connectivity index (χ0v) is 10.3. The molecule has 0 bridgehead atoms. The van der Waals surface area contributed by atoms with Crippen LogP contribution in [0.1, 0.15) is 0 Å². The number of thiocyanates is 1. The lowest BCUT2D eigenvalue weighted by molar-refractivity contribution is 1.30. The molecule has 0 aliphatic rings. The Morgan fingerprint density at radius 2 is 2.20 bits per heavy atom. The molecule has 2 aromatic rings. The Kier molecular flexibility index (Phi) is 3.89. The van der Waals surface area contributed by atoms with Crippen LogP contribution in [0.2, 0.25) is 0 Å². The van der Waals surface area contributed by atoms with Crippen molar-refractivity contribution in [2.75, 3.05) is 11.5 Å². The van der Waals surface area contributed by atoms with Gasteiger partial charge in [0.1, 0.15) is 5.40 Å². The van der Waals surface area contributed by atoms with Gasteiger partial charge in [-0.1, -0.05) is 23.9 Å². The number of nitriles is 1. The maximum absolute atomic E-state index is 8.37. The van der Waals surface area contributed by atoms with Gasteiger partial charge in [-0.05, 0) is 23.9 Å². The molecule has 15 heavy (non-hydrogen) atoms. The number of hydrogen-bond donors (Lipinski definition) is 0. The fraction of sp³-hybridized carbons (Fsp3) is 0.200. The summed E-state index contributed by atoms with van der Waals surface area (Å²) in [6, 6.07) is 8.14. The molecule has 0 saturated heterocycles. The van der Waals surface area contributed by atoms with E-state index in [0.29, 0.717) is 0 Å². The van der Waals surface area contributed by atoms with Crippen LogP contribution in [0.4, 0.5) is 0 Å². The molecular weight excluding hydrogens is 244 g/mol. The van der Waals surface area contributed by atoms with Crippen LogP contribution < -0.4 is 0 Å². The van der Waals surface area contributed by atoms with Crippen molar-refractivity contribution >= 4 is 45.1 Å². The fourth-order valence-electron chi connectivity index (χ4n) is 1.13. The molecular formula is C10H8N2S3. The van der Waals surface area contributed by atoms with Gasteiger partial charge in [-0.2, -0.15) is 5.26 Å². The highest BCUT2D eigenvalue weighted by molar-refractivity contribution is 8.06. The molecule has 0 saturated carbocycles. The summed E-state index contributed by atoms with van der Waals surface area (Å²) in [5.74, 6) is 1.80. The van der Waals surface area contributed by atoms with E-state index < -0.39 is 0 Å². The van der Waals surface area contributed by atoms with Crippen LogP contribution in [-0.4, -0.2) is 16.5 Å². The van der Waals surface area contributed by atoms with Gasteiger partial charge in [0.25, 0.3) is 0 Å². The molecule has 0 spiro atoms. The smallest absolute Gasteiger partial charge is 0.151 e. The monoisotopic (exact) mass is 252 g/mol. The molecule has 2 nitrogen and oxygen atoms in total. The molecule has 1 heterocycles. The minimum absolute atomic E-state index is 0.858. The first kappa shape index (κ1) is 10.8. The van der Waals surface area contributed by atoms with Crippen molar-refractivity contribution in [1.29, 1.82) is 5.26 Å². The van der Waals surface area contributed by atoms with Crippen molar-refractivity contribution in [3.8, 4) is 5.40 Å². The van der Waals surface area contributed by atoms with E-state index in [1.165, 1.54) is 16.5 Å². The lowest BCUT2D eigenvalue weighted by Gasteiger charge is -1.91. The lowest BCUT2D eigenvalue weighted by atomic mass is 10.3. The molecule has 0 amide bonds. The SMILES string of the molecule is N#CSCCSc1nc2ccccc2s1. The predicted octanol–water partition coefficient (Wildman–Crippen LogP) is 3.60. The van der Waals surface area contributed by atoms with E-state index in [4.69, 9.17) is 5.26 Å². The molecule has 0 atom stereocenters. The predicted molar refractivity (Wildman–Crippen MR) is 68.4 cm³/mol. The summed E-state index contributed by atoms with van der Waals surface area (Å²) in [5, 5.41) is 10.4. The Bertz CT molecular complexity index is 454. The second-order valence-corrected chi connectivity index (χ2v) is 5.99. The third-order valence-electron chi connectivity index (χ3n) is 1.75. The van der Waals surface area contributed by atoms with Gasteiger partial charge in [0, 0.05) is 11.5 Å². The van der Waals surface area contributed by atoms with Crippen molar-refractivity contribution in [1.82, 2.24) is 4.98 Å². The molecule has 1 aromatic carbocycles. The van der Waals surface area contributed by atoms with Crippen molar-refractivity contribution < 1.29 is 0 Å². The van der Waals surface area contributed by atoms with Crippen LogP contribution in [0.3, 0.4) is 0 Å². The summed E-state index contributed by atoms with van der Waals surface area (Å²) in [6.07, 6.45) is 0. The van der Waals surface area contributed by atoms with Gasteiger partial charge in [0.15, 0.2) is 4.34 Å². The third-order valence-corrected chi connectivity index (χ3v) is 4.73. The highest BCUT2D eigenvalue weighted by atomic mass is 32.2. The number of rotatable bonds is 4. The Labute approximate surface area is 101 Å². The van der Waals surface area contributed by atoms with Gasteiger partial charge in [-0.25, -0.2) is 4.98 Å². The number of fused-ring (bicyclic) bond motifs is 1. The average Bonchev–Trinajstić information content (AvgIpc) is 2.67. The first-order chi connectivity index (χ1) is 7.40. The number of benzene rings is 1. The van der Waals surface area contributed by atoms with Gasteiger partial charge in [0.05, 0.1) is 10.2 Å². The van der Waals surface area contributed by atoms with E-state index in [2.05, 4.69) is 16.5 Å². The molecule has 0 N–H and O–H groups in total. The maximum Gasteiger partial charge on any atom is 0.151 e. The third kappa shape index (κ3) is 2.88. The molecule has 2 rings (SSSR count). The number of aromatic nitrogens is 1. The summed E-state index contributed by atoms with van der Waals surface area (Å²) >= 11 is 4.73.